The number of hydrogen-bond donors (Lipinski definition) is 5. The maximum Gasteiger partial charge on any atom is 0.269 e. The van der Waals surface area contributed by atoms with Gasteiger partial charge in [-0.15, -0.1) is 0 Å². The number of hydrogen-bond acceptors (Lipinski definition) is 5. The quantitative estimate of drug-likeness (QED) is 0.189. The Labute approximate surface area is 210 Å². The highest BCUT2D eigenvalue weighted by molar-refractivity contribution is 5.94. The topological polar surface area (TPSA) is 125 Å². The van der Waals surface area contributed by atoms with Crippen LogP contribution in [-0.2, 0) is 4.79 Å². The van der Waals surface area contributed by atoms with Crippen molar-refractivity contribution in [2.75, 3.05) is 22.9 Å². The Balaban J connectivity index is 1.14. The molecule has 8 nitrogen and oxygen atoms in total. The van der Waals surface area contributed by atoms with Gasteiger partial charge in [0, 0.05) is 30.3 Å². The van der Waals surface area contributed by atoms with Gasteiger partial charge in [0.2, 0.25) is 5.91 Å². The van der Waals surface area contributed by atoms with Crippen LogP contribution in [0.1, 0.15) is 61.9 Å². The van der Waals surface area contributed by atoms with Gasteiger partial charge in [-0.05, 0) is 62.1 Å². The molecule has 1 aliphatic carbocycles. The number of H-pyrrole nitrogens is 1. The molecule has 1 aromatic heterocycles. The lowest BCUT2D eigenvalue weighted by Gasteiger charge is -2.13. The number of amides is 2. The molecule has 1 saturated carbocycles. The van der Waals surface area contributed by atoms with Crippen molar-refractivity contribution >= 4 is 28.9 Å². The predicted molar refractivity (Wildman–Crippen MR) is 140 cm³/mol. The third-order valence-corrected chi connectivity index (χ3v) is 6.38. The number of unbranched alkanes of at least 4 members (excludes halogenated alkanes) is 2. The van der Waals surface area contributed by atoms with Gasteiger partial charge in [0.15, 0.2) is 0 Å². The van der Waals surface area contributed by atoms with Crippen molar-refractivity contribution in [2.24, 2.45) is 0 Å². The van der Waals surface area contributed by atoms with Gasteiger partial charge in [-0.2, -0.15) is 5.10 Å². The molecule has 0 bridgehead atoms. The van der Waals surface area contributed by atoms with Crippen LogP contribution in [0.2, 0.25) is 0 Å². The summed E-state index contributed by atoms with van der Waals surface area (Å²) in [7, 11) is 0. The molecule has 36 heavy (non-hydrogen) atoms. The van der Waals surface area contributed by atoms with Crippen LogP contribution in [0.4, 0.5) is 21.5 Å². The van der Waals surface area contributed by atoms with E-state index in [0.717, 1.165) is 29.8 Å². The number of nitrogens with zero attached hydrogens (tertiary/aromatic N) is 1. The smallest absolute Gasteiger partial charge is 0.269 e. The fourth-order valence-electron chi connectivity index (χ4n) is 4.37. The van der Waals surface area contributed by atoms with Crippen LogP contribution in [0.5, 0.6) is 0 Å². The number of nitrogens with two attached hydrogens (primary N) is 1. The highest BCUT2D eigenvalue weighted by atomic mass is 19.1. The van der Waals surface area contributed by atoms with Crippen molar-refractivity contribution in [2.45, 2.75) is 57.4 Å². The van der Waals surface area contributed by atoms with Crippen molar-refractivity contribution in [3.8, 4) is 11.3 Å². The summed E-state index contributed by atoms with van der Waals surface area (Å²) in [5.74, 6) is -0.831. The van der Waals surface area contributed by atoms with Crippen LogP contribution >= 0.6 is 0 Å². The molecule has 0 unspecified atom stereocenters. The largest absolute Gasteiger partial charge is 0.397 e. The molecule has 4 rings (SSSR count). The summed E-state index contributed by atoms with van der Waals surface area (Å²) in [6.45, 7) is 0.501. The molecule has 2 amide bonds. The maximum atomic E-state index is 13.1. The van der Waals surface area contributed by atoms with E-state index in [2.05, 4.69) is 38.3 Å². The number of nitrogen functional groups attached to an aromatic ring is 1. The van der Waals surface area contributed by atoms with Gasteiger partial charge in [-0.25, -0.2) is 4.39 Å². The summed E-state index contributed by atoms with van der Waals surface area (Å²) in [6.07, 6.45) is 7.55. The number of benzene rings is 2. The van der Waals surface area contributed by atoms with E-state index in [-0.39, 0.29) is 17.5 Å². The average molecular weight is 493 g/mol. The highest BCUT2D eigenvalue weighted by Gasteiger charge is 2.15. The number of aromatic nitrogens is 2. The molecular formula is C27H33FN6O2. The van der Waals surface area contributed by atoms with Crippen molar-refractivity contribution in [1.29, 1.82) is 0 Å². The van der Waals surface area contributed by atoms with Gasteiger partial charge >= 0.3 is 0 Å². The first-order valence-electron chi connectivity index (χ1n) is 12.5. The summed E-state index contributed by atoms with van der Waals surface area (Å²) >= 11 is 0. The van der Waals surface area contributed by atoms with Gasteiger partial charge < -0.3 is 21.7 Å². The van der Waals surface area contributed by atoms with Crippen LogP contribution in [0, 0.1) is 5.82 Å². The zero-order chi connectivity index (χ0) is 25.3. The molecule has 6 N–H and O–H groups in total. The van der Waals surface area contributed by atoms with E-state index in [0.29, 0.717) is 36.8 Å². The Hall–Kier alpha value is -3.88. The maximum absolute atomic E-state index is 13.1. The zero-order valence-corrected chi connectivity index (χ0v) is 20.3. The van der Waals surface area contributed by atoms with E-state index in [1.165, 1.54) is 43.9 Å². The molecule has 0 saturated heterocycles. The second-order valence-electron chi connectivity index (χ2n) is 9.22. The van der Waals surface area contributed by atoms with Crippen molar-refractivity contribution < 1.29 is 14.0 Å². The van der Waals surface area contributed by atoms with Crippen LogP contribution in [0.25, 0.3) is 11.3 Å². The Morgan fingerprint density at radius 3 is 2.56 bits per heavy atom. The van der Waals surface area contributed by atoms with Crippen molar-refractivity contribution in [3.63, 3.8) is 0 Å². The lowest BCUT2D eigenvalue weighted by molar-refractivity contribution is -0.116. The number of carbonyl (C=O) groups excluding carboxylic acids is 2. The number of carbonyl (C=O) groups is 2. The lowest BCUT2D eigenvalue weighted by Crippen LogP contribution is -2.24. The minimum atomic E-state index is -0.445. The standard InChI is InChI=1S/C27H33FN6O2/c28-19-11-14-23(22(29)16-19)32-26(35)8-2-1-5-15-30-27(36)25-17-24(33-34-25)18-9-12-21(13-10-18)31-20-6-3-4-7-20/h9-14,16-17,20,31H,1-8,15,29H2,(H,30,36)(H,32,35)(H,33,34). The Morgan fingerprint density at radius 2 is 1.81 bits per heavy atom. The van der Waals surface area contributed by atoms with Crippen LogP contribution in [0.15, 0.2) is 48.5 Å². The fourth-order valence-corrected chi connectivity index (χ4v) is 4.37. The average Bonchev–Trinajstić information content (AvgIpc) is 3.56. The molecule has 9 heteroatoms. The number of anilines is 3. The number of rotatable bonds is 11. The Kier molecular flexibility index (Phi) is 8.54. The normalized spacial score (nSPS) is 13.5. The molecule has 0 spiro atoms. The molecule has 0 atom stereocenters. The molecular weight excluding hydrogens is 459 g/mol. The van der Waals surface area contributed by atoms with Gasteiger partial charge in [0.25, 0.3) is 5.91 Å². The molecule has 2 aromatic carbocycles. The van der Waals surface area contributed by atoms with Crippen molar-refractivity contribution in [3.05, 3.63) is 60.0 Å². The number of nitrogens with one attached hydrogen (secondary N) is 4. The molecule has 190 valence electrons. The third kappa shape index (κ3) is 7.07. The van der Waals surface area contributed by atoms with E-state index < -0.39 is 5.82 Å². The molecule has 0 aliphatic heterocycles. The minimum Gasteiger partial charge on any atom is -0.397 e. The van der Waals surface area contributed by atoms with Gasteiger partial charge in [-0.3, -0.25) is 14.7 Å². The molecule has 1 heterocycles. The molecule has 3 aromatic rings. The lowest BCUT2D eigenvalue weighted by atomic mass is 10.1. The predicted octanol–water partition coefficient (Wildman–Crippen LogP) is 5.08. The SMILES string of the molecule is Nc1cc(F)ccc1NC(=O)CCCCCNC(=O)c1cc(-c2ccc(NC3CCCC3)cc2)n[nH]1. The summed E-state index contributed by atoms with van der Waals surface area (Å²) in [5.41, 5.74) is 9.49. The second-order valence-corrected chi connectivity index (χ2v) is 9.22. The summed E-state index contributed by atoms with van der Waals surface area (Å²) in [5, 5.41) is 16.2. The second kappa shape index (κ2) is 12.2. The molecule has 1 aliphatic rings. The van der Waals surface area contributed by atoms with Gasteiger partial charge in [-0.1, -0.05) is 31.4 Å². The molecule has 0 radical (unpaired) electrons. The summed E-state index contributed by atoms with van der Waals surface area (Å²) in [4.78, 5) is 24.5. The first-order valence-corrected chi connectivity index (χ1v) is 12.5. The fraction of sp³-hybridized carbons (Fsp3) is 0.370. The summed E-state index contributed by atoms with van der Waals surface area (Å²) < 4.78 is 13.1. The first kappa shape index (κ1) is 25.2. The Morgan fingerprint density at radius 1 is 1.03 bits per heavy atom. The highest BCUT2D eigenvalue weighted by Crippen LogP contribution is 2.25. The van der Waals surface area contributed by atoms with Crippen molar-refractivity contribution in [1.82, 2.24) is 15.5 Å². The number of aromatic amines is 1. The zero-order valence-electron chi connectivity index (χ0n) is 20.3. The number of halogens is 1. The van der Waals surface area contributed by atoms with Crippen LogP contribution in [-0.4, -0.2) is 34.6 Å². The third-order valence-electron chi connectivity index (χ3n) is 6.38. The van der Waals surface area contributed by atoms with E-state index >= 15 is 0 Å². The van der Waals surface area contributed by atoms with E-state index in [1.807, 2.05) is 12.1 Å². The molecule has 1 fully saturated rings. The minimum absolute atomic E-state index is 0.176. The van der Waals surface area contributed by atoms with E-state index in [4.69, 9.17) is 5.73 Å². The Bertz CT molecular complexity index is 1170. The first-order chi connectivity index (χ1) is 17.5. The van der Waals surface area contributed by atoms with Gasteiger partial charge in [0.05, 0.1) is 17.1 Å². The summed E-state index contributed by atoms with van der Waals surface area (Å²) in [6, 6.07) is 14.3. The van der Waals surface area contributed by atoms with Crippen LogP contribution < -0.4 is 21.7 Å². The van der Waals surface area contributed by atoms with Crippen LogP contribution in [0.3, 0.4) is 0 Å². The van der Waals surface area contributed by atoms with Gasteiger partial charge in [0.1, 0.15) is 11.5 Å². The monoisotopic (exact) mass is 492 g/mol. The van der Waals surface area contributed by atoms with E-state index in [1.54, 1.807) is 6.07 Å². The van der Waals surface area contributed by atoms with E-state index in [9.17, 15) is 14.0 Å².